The molecule has 0 aliphatic carbocycles. The van der Waals surface area contributed by atoms with Gasteiger partial charge in [-0.2, -0.15) is 5.26 Å². The Morgan fingerprint density at radius 1 is 1.23 bits per heavy atom. The molecule has 2 heterocycles. The number of hydrogen-bond donors (Lipinski definition) is 0. The van der Waals surface area contributed by atoms with Gasteiger partial charge >= 0.3 is 13.1 Å². The fraction of sp³-hybridized carbons (Fsp3) is 0.429. The first kappa shape index (κ1) is 22.7. The maximum Gasteiger partial charge on any atom is 0.525 e. The largest absolute Gasteiger partial charge is 0.525 e. The lowest BCUT2D eigenvalue weighted by Gasteiger charge is -2.32. The maximum atomic E-state index is 15.7. The highest BCUT2D eigenvalue weighted by atomic mass is 19.1. The van der Waals surface area contributed by atoms with E-state index >= 15 is 4.39 Å². The Labute approximate surface area is 180 Å². The predicted octanol–water partition coefficient (Wildman–Crippen LogP) is 3.34. The molecular formula is C21H24BFN4O4. The highest BCUT2D eigenvalue weighted by Gasteiger charge is 2.53. The van der Waals surface area contributed by atoms with Gasteiger partial charge in [-0.1, -0.05) is 17.3 Å². The molecule has 1 aromatic heterocycles. The lowest BCUT2D eigenvalue weighted by atomic mass is 9.82. The predicted molar refractivity (Wildman–Crippen MR) is 111 cm³/mol. The number of rotatable bonds is 6. The minimum Gasteiger partial charge on any atom is -0.461 e. The van der Waals surface area contributed by atoms with Crippen LogP contribution < -0.4 is 0 Å². The first-order valence-corrected chi connectivity index (χ1v) is 9.90. The van der Waals surface area contributed by atoms with Crippen LogP contribution in [0.4, 0.5) is 4.39 Å². The van der Waals surface area contributed by atoms with Crippen molar-refractivity contribution in [2.45, 2.75) is 52.4 Å². The molecule has 162 valence electrons. The molecule has 8 nitrogen and oxygen atoms in total. The van der Waals surface area contributed by atoms with E-state index in [4.69, 9.17) is 19.3 Å². The van der Waals surface area contributed by atoms with E-state index < -0.39 is 30.0 Å². The number of nitrogens with zero attached hydrogens (tertiary/aromatic N) is 4. The fourth-order valence-corrected chi connectivity index (χ4v) is 2.98. The molecule has 0 bridgehead atoms. The van der Waals surface area contributed by atoms with E-state index in [0.29, 0.717) is 11.1 Å². The van der Waals surface area contributed by atoms with Gasteiger partial charge in [-0.25, -0.2) is 13.9 Å². The monoisotopic (exact) mass is 426 g/mol. The quantitative estimate of drug-likeness (QED) is 0.516. The van der Waals surface area contributed by atoms with Crippen LogP contribution in [0, 0.1) is 11.3 Å². The molecule has 1 aliphatic heterocycles. The topological polar surface area (TPSA) is 99.3 Å². The molecule has 31 heavy (non-hydrogen) atoms. The van der Waals surface area contributed by atoms with Gasteiger partial charge in [0.15, 0.2) is 5.69 Å². The number of esters is 1. The van der Waals surface area contributed by atoms with Crippen molar-refractivity contribution in [2.24, 2.45) is 0 Å². The molecule has 10 heteroatoms. The Morgan fingerprint density at radius 2 is 1.84 bits per heavy atom. The molecule has 2 aromatic rings. The summed E-state index contributed by atoms with van der Waals surface area (Å²) in [5.74, 6) is -0.607. The summed E-state index contributed by atoms with van der Waals surface area (Å²) in [7, 11) is -1.20. The summed E-state index contributed by atoms with van der Waals surface area (Å²) in [5.41, 5.74) is -0.801. The SMILES string of the molecule is CCOC(=O)c1cn(CC(=C(F)B2OC(C)(C)C(C)(C)O2)c2ccc(C#N)cc2)nn1. The second-order valence-electron chi connectivity index (χ2n) is 8.13. The molecule has 1 fully saturated rings. The van der Waals surface area contributed by atoms with E-state index in [1.807, 2.05) is 33.8 Å². The van der Waals surface area contributed by atoms with Crippen LogP contribution in [0.3, 0.4) is 0 Å². The van der Waals surface area contributed by atoms with Crippen LogP contribution in [-0.2, 0) is 20.6 Å². The van der Waals surface area contributed by atoms with E-state index in [0.717, 1.165) is 0 Å². The zero-order valence-electron chi connectivity index (χ0n) is 18.2. The van der Waals surface area contributed by atoms with Crippen molar-refractivity contribution in [1.29, 1.82) is 5.26 Å². The number of carbonyl (C=O) groups is 1. The molecule has 3 rings (SSSR count). The zero-order valence-corrected chi connectivity index (χ0v) is 18.2. The van der Waals surface area contributed by atoms with E-state index in [2.05, 4.69) is 10.3 Å². The minimum atomic E-state index is -1.20. The number of allylic oxidation sites excluding steroid dienone is 1. The Bertz CT molecular complexity index is 1020. The second kappa shape index (κ2) is 8.61. The molecule has 1 aliphatic rings. The number of benzene rings is 1. The third-order valence-corrected chi connectivity index (χ3v) is 5.45. The van der Waals surface area contributed by atoms with Gasteiger partial charge in [0.2, 0.25) is 0 Å². The third-order valence-electron chi connectivity index (χ3n) is 5.45. The average molecular weight is 426 g/mol. The van der Waals surface area contributed by atoms with Crippen molar-refractivity contribution in [3.8, 4) is 6.07 Å². The van der Waals surface area contributed by atoms with Crippen molar-refractivity contribution in [3.63, 3.8) is 0 Å². The van der Waals surface area contributed by atoms with Crippen molar-refractivity contribution < 1.29 is 23.2 Å². The van der Waals surface area contributed by atoms with Gasteiger partial charge in [0.1, 0.15) is 5.73 Å². The first-order valence-electron chi connectivity index (χ1n) is 9.90. The van der Waals surface area contributed by atoms with Crippen LogP contribution in [-0.4, -0.2) is 45.9 Å². The van der Waals surface area contributed by atoms with E-state index in [9.17, 15) is 4.79 Å². The molecule has 1 aromatic carbocycles. The van der Waals surface area contributed by atoms with E-state index in [-0.39, 0.29) is 24.4 Å². The number of aromatic nitrogens is 3. The minimum absolute atomic E-state index is 0.0251. The van der Waals surface area contributed by atoms with Crippen molar-refractivity contribution >= 4 is 18.7 Å². The summed E-state index contributed by atoms with van der Waals surface area (Å²) in [6.07, 6.45) is 1.39. The smallest absolute Gasteiger partial charge is 0.461 e. The van der Waals surface area contributed by atoms with E-state index in [1.165, 1.54) is 10.9 Å². The molecule has 0 amide bonds. The number of halogens is 1. The Balaban J connectivity index is 1.98. The summed E-state index contributed by atoms with van der Waals surface area (Å²) in [4.78, 5) is 11.9. The van der Waals surface area contributed by atoms with Gasteiger partial charge in [0.05, 0.1) is 42.2 Å². The second-order valence-corrected chi connectivity index (χ2v) is 8.13. The van der Waals surface area contributed by atoms with Crippen LogP contribution in [0.25, 0.3) is 5.57 Å². The number of carbonyl (C=O) groups excluding carboxylic acids is 1. The third kappa shape index (κ3) is 4.68. The van der Waals surface area contributed by atoms with Crippen LogP contribution in [0.15, 0.2) is 36.2 Å². The van der Waals surface area contributed by atoms with Crippen LogP contribution in [0.2, 0.25) is 0 Å². The molecule has 0 spiro atoms. The molecule has 1 saturated heterocycles. The average Bonchev–Trinajstić information content (AvgIpc) is 3.27. The lowest BCUT2D eigenvalue weighted by molar-refractivity contribution is 0.00578. The summed E-state index contributed by atoms with van der Waals surface area (Å²) in [6.45, 7) is 9.21. The van der Waals surface area contributed by atoms with Gasteiger partial charge in [-0.3, -0.25) is 0 Å². The molecular weight excluding hydrogens is 402 g/mol. The summed E-state index contributed by atoms with van der Waals surface area (Å²) < 4.78 is 33.7. The van der Waals surface area contributed by atoms with Crippen LogP contribution >= 0.6 is 0 Å². The van der Waals surface area contributed by atoms with Crippen LogP contribution in [0.5, 0.6) is 0 Å². The van der Waals surface area contributed by atoms with E-state index in [1.54, 1.807) is 31.2 Å². The standard InChI is InChI=1S/C21H24BFN4O4/c1-6-29-19(28)17-13-27(26-25-17)12-16(15-9-7-14(11-24)8-10-15)18(23)22-30-20(2,3)21(4,5)31-22/h7-10,13H,6,12H2,1-5H3. The van der Waals surface area contributed by atoms with Gasteiger partial charge in [-0.15, -0.1) is 5.10 Å². The van der Waals surface area contributed by atoms with Gasteiger partial charge in [0.25, 0.3) is 0 Å². The number of ether oxygens (including phenoxy) is 1. The Morgan fingerprint density at radius 3 is 2.39 bits per heavy atom. The van der Waals surface area contributed by atoms with Gasteiger partial charge in [0, 0.05) is 5.57 Å². The van der Waals surface area contributed by atoms with Crippen molar-refractivity contribution in [3.05, 3.63) is 53.0 Å². The molecule has 0 N–H and O–H groups in total. The highest BCUT2D eigenvalue weighted by molar-refractivity contribution is 6.55. The highest BCUT2D eigenvalue weighted by Crippen LogP contribution is 2.40. The number of hydrogen-bond acceptors (Lipinski definition) is 7. The number of nitriles is 1. The summed E-state index contributed by atoms with van der Waals surface area (Å²) >= 11 is 0. The van der Waals surface area contributed by atoms with Crippen molar-refractivity contribution in [1.82, 2.24) is 15.0 Å². The normalized spacial score (nSPS) is 17.8. The first-order chi connectivity index (χ1) is 14.6. The fourth-order valence-electron chi connectivity index (χ4n) is 2.98. The Hall–Kier alpha value is -3.03. The van der Waals surface area contributed by atoms with Gasteiger partial charge < -0.3 is 14.0 Å². The van der Waals surface area contributed by atoms with Crippen LogP contribution in [0.1, 0.15) is 56.2 Å². The maximum absolute atomic E-state index is 15.7. The van der Waals surface area contributed by atoms with Gasteiger partial charge in [-0.05, 0) is 52.3 Å². The molecule has 0 atom stereocenters. The molecule has 0 radical (unpaired) electrons. The van der Waals surface area contributed by atoms with Crippen molar-refractivity contribution in [2.75, 3.05) is 6.61 Å². The Kier molecular flexibility index (Phi) is 6.29. The summed E-state index contributed by atoms with van der Waals surface area (Å²) in [5, 5.41) is 16.8. The zero-order chi connectivity index (χ0) is 22.8. The molecule has 0 saturated carbocycles. The lowest BCUT2D eigenvalue weighted by Crippen LogP contribution is -2.41. The molecule has 0 unspecified atom stereocenters. The summed E-state index contributed by atoms with van der Waals surface area (Å²) in [6, 6.07) is 8.51.